The Bertz CT molecular complexity index is 3410. The summed E-state index contributed by atoms with van der Waals surface area (Å²) in [6, 6.07) is 41.4. The van der Waals surface area contributed by atoms with Gasteiger partial charge in [-0.05, 0) is 73.1 Å². The van der Waals surface area contributed by atoms with Gasteiger partial charge in [-0.2, -0.15) is 0 Å². The van der Waals surface area contributed by atoms with Crippen molar-refractivity contribution in [1.82, 2.24) is 0 Å². The van der Waals surface area contributed by atoms with Crippen LogP contribution in [0.5, 0.6) is 0 Å². The molecule has 0 unspecified atom stereocenters. The lowest BCUT2D eigenvalue weighted by molar-refractivity contribution is 1.36. The summed E-state index contributed by atoms with van der Waals surface area (Å²) >= 11 is 1.68. The second-order valence-corrected chi connectivity index (χ2v) is 16.9. The molecule has 0 aliphatic rings. The summed E-state index contributed by atoms with van der Waals surface area (Å²) in [5.74, 6) is 0. The van der Waals surface area contributed by atoms with Gasteiger partial charge in [-0.25, -0.2) is 0 Å². The summed E-state index contributed by atoms with van der Waals surface area (Å²) in [7, 11) is 85.4. The summed E-state index contributed by atoms with van der Waals surface area (Å²) in [5.41, 5.74) is 4.24. The Balaban J connectivity index is 1.31. The average Bonchev–Trinajstić information content (AvgIpc) is 3.68. The Morgan fingerprint density at radius 1 is 0.297 bits per heavy atom. The molecule has 10 aromatic rings. The lowest BCUT2D eigenvalue weighted by atomic mass is 9.61. The number of fused-ring (bicyclic) bond motifs is 5. The van der Waals surface area contributed by atoms with E-state index in [2.05, 4.69) is 12.1 Å². The molecule has 0 saturated carbocycles. The molecule has 0 aliphatic heterocycles. The molecule has 0 amide bonds. The van der Waals surface area contributed by atoms with Crippen LogP contribution in [0.2, 0.25) is 0 Å². The second-order valence-electron chi connectivity index (χ2n) is 15.8. The van der Waals surface area contributed by atoms with E-state index in [-0.39, 0.29) is 82.6 Å². The maximum atomic E-state index is 7.37. The first-order chi connectivity index (χ1) is 30.8. The molecule has 0 fully saturated rings. The lowest BCUT2D eigenvalue weighted by Gasteiger charge is -2.40. The van der Waals surface area contributed by atoms with E-state index in [1.807, 2.05) is 115 Å². The zero-order valence-electron chi connectivity index (χ0n) is 34.4. The fraction of sp³-hybridized carbons (Fsp3) is 0. The van der Waals surface area contributed by atoms with Gasteiger partial charge < -0.3 is 4.90 Å². The highest BCUT2D eigenvalue weighted by molar-refractivity contribution is 7.25. The SMILES string of the molecule is [B]c1c([B])c(-c2ccc3sc4ccccc4c3c2)c([B])c(N(c2c([B])c([B])c(-c3cccc4ccccc34)c([B])c2[B])c2c([B])c([B])c(-c3cccc4ccccc34)c([B])c2[B])c1[B]. The Morgan fingerprint density at radius 3 is 1.20 bits per heavy atom. The van der Waals surface area contributed by atoms with Gasteiger partial charge in [-0.3, -0.25) is 0 Å². The monoisotopic (exact) mass is 799 g/mol. The molecule has 14 heteroatoms. The van der Waals surface area contributed by atoms with Gasteiger partial charge in [0, 0.05) is 37.2 Å². The molecule has 1 heterocycles. The minimum Gasteiger partial charge on any atom is -0.314 e. The van der Waals surface area contributed by atoms with Crippen LogP contribution in [0, 0.1) is 0 Å². The van der Waals surface area contributed by atoms with E-state index >= 15 is 0 Å². The van der Waals surface area contributed by atoms with Crippen LogP contribution in [0.25, 0.3) is 75.1 Å². The summed E-state index contributed by atoms with van der Waals surface area (Å²) in [5, 5.41) is 5.75. The van der Waals surface area contributed by atoms with E-state index in [1.54, 1.807) is 11.3 Å². The van der Waals surface area contributed by atoms with Gasteiger partial charge in [0.25, 0.3) is 0 Å². The molecule has 268 valence electrons. The molecular weight excluding hydrogens is 776 g/mol. The average molecular weight is 798 g/mol. The zero-order chi connectivity index (χ0) is 44.9. The standard InChI is InChI=1S/C50H21B12NS/c51-36-33(24-19-20-32-30(21-24)27-15-5-6-18-31(27)64-32)41(56)48(47(62)42(36)57)63(49-43(58)37(52)34(38(53)44(49)59)28-16-7-11-22-9-1-3-13-25(22)28)50-45(60)39(54)35(40(55)46(50)61)29-17-8-12-23-10-2-4-14-26(23)29/h1-21H. The number of thiophene rings is 1. The third-order valence-electron chi connectivity index (χ3n) is 12.3. The molecule has 64 heavy (non-hydrogen) atoms. The molecule has 0 saturated heterocycles. The molecule has 0 atom stereocenters. The van der Waals surface area contributed by atoms with E-state index in [0.717, 1.165) is 41.7 Å². The first-order valence-electron chi connectivity index (χ1n) is 20.3. The number of rotatable bonds is 6. The third-order valence-corrected chi connectivity index (χ3v) is 13.5. The van der Waals surface area contributed by atoms with Gasteiger partial charge in [0.05, 0.1) is 0 Å². The molecule has 0 N–H and O–H groups in total. The van der Waals surface area contributed by atoms with E-state index in [0.29, 0.717) is 33.4 Å². The van der Waals surface area contributed by atoms with Crippen LogP contribution in [-0.4, -0.2) is 94.2 Å². The summed E-state index contributed by atoms with van der Waals surface area (Å²) in [6.07, 6.45) is 0. The molecule has 9 aromatic carbocycles. The molecule has 0 aliphatic carbocycles. The van der Waals surface area contributed by atoms with Crippen LogP contribution in [0.3, 0.4) is 0 Å². The first-order valence-corrected chi connectivity index (χ1v) is 21.1. The maximum absolute atomic E-state index is 7.37. The number of hydrogen-bond acceptors (Lipinski definition) is 2. The van der Waals surface area contributed by atoms with Crippen molar-refractivity contribution in [3.63, 3.8) is 0 Å². The second kappa shape index (κ2) is 16.1. The van der Waals surface area contributed by atoms with Crippen molar-refractivity contribution in [1.29, 1.82) is 0 Å². The molecule has 10 rings (SSSR count). The normalized spacial score (nSPS) is 11.6. The Labute approximate surface area is 393 Å². The van der Waals surface area contributed by atoms with Crippen molar-refractivity contribution in [2.24, 2.45) is 0 Å². The van der Waals surface area contributed by atoms with Crippen LogP contribution in [0.4, 0.5) is 17.1 Å². The Hall–Kier alpha value is -5.70. The van der Waals surface area contributed by atoms with E-state index in [4.69, 9.17) is 94.2 Å². The molecule has 1 aromatic heterocycles. The summed E-state index contributed by atoms with van der Waals surface area (Å²) in [6.45, 7) is 0. The summed E-state index contributed by atoms with van der Waals surface area (Å²) in [4.78, 5) is 1.51. The van der Waals surface area contributed by atoms with Gasteiger partial charge in [0.1, 0.15) is 94.2 Å². The van der Waals surface area contributed by atoms with Crippen LogP contribution < -0.4 is 70.5 Å². The van der Waals surface area contributed by atoms with Gasteiger partial charge in [-0.1, -0.05) is 169 Å². The van der Waals surface area contributed by atoms with E-state index < -0.39 is 0 Å². The number of hydrogen-bond donors (Lipinski definition) is 0. The fourth-order valence-electron chi connectivity index (χ4n) is 9.16. The predicted octanol–water partition coefficient (Wildman–Crippen LogP) is 0.357. The van der Waals surface area contributed by atoms with Crippen LogP contribution in [0.15, 0.2) is 127 Å². The molecule has 0 bridgehead atoms. The van der Waals surface area contributed by atoms with Crippen LogP contribution in [-0.2, 0) is 0 Å². The third kappa shape index (κ3) is 6.38. The number of benzene rings is 9. The first kappa shape index (κ1) is 42.3. The van der Waals surface area contributed by atoms with Crippen molar-refractivity contribution >= 4 is 230 Å². The quantitative estimate of drug-likeness (QED) is 0.220. The highest BCUT2D eigenvalue weighted by Crippen LogP contribution is 2.37. The molecule has 0 spiro atoms. The minimum absolute atomic E-state index is 0.00520. The van der Waals surface area contributed by atoms with Gasteiger partial charge in [0.15, 0.2) is 0 Å². The molecule has 24 radical (unpaired) electrons. The topological polar surface area (TPSA) is 3.24 Å². The van der Waals surface area contributed by atoms with Crippen molar-refractivity contribution in [3.05, 3.63) is 127 Å². The predicted molar refractivity (Wildman–Crippen MR) is 290 cm³/mol. The van der Waals surface area contributed by atoms with E-state index in [1.165, 1.54) is 4.90 Å². The van der Waals surface area contributed by atoms with Crippen molar-refractivity contribution in [3.8, 4) is 33.4 Å². The molecular formula is C50H21B12NS. The number of anilines is 3. The van der Waals surface area contributed by atoms with E-state index in [9.17, 15) is 0 Å². The lowest BCUT2D eigenvalue weighted by Crippen LogP contribution is -2.54. The highest BCUT2D eigenvalue weighted by atomic mass is 32.1. The fourth-order valence-corrected chi connectivity index (χ4v) is 10.2. The Morgan fingerprint density at radius 2 is 0.688 bits per heavy atom. The zero-order valence-corrected chi connectivity index (χ0v) is 35.2. The Kier molecular flexibility index (Phi) is 10.6. The van der Waals surface area contributed by atoms with Gasteiger partial charge >= 0.3 is 0 Å². The van der Waals surface area contributed by atoms with Crippen LogP contribution >= 0.6 is 11.3 Å². The van der Waals surface area contributed by atoms with Gasteiger partial charge in [-0.15, -0.1) is 16.8 Å². The minimum atomic E-state index is -0.0380. The smallest absolute Gasteiger partial charge is 0.117 e. The largest absolute Gasteiger partial charge is 0.314 e. The maximum Gasteiger partial charge on any atom is 0.117 e. The van der Waals surface area contributed by atoms with Crippen molar-refractivity contribution < 1.29 is 0 Å². The van der Waals surface area contributed by atoms with Crippen LogP contribution in [0.1, 0.15) is 0 Å². The highest BCUT2D eigenvalue weighted by Gasteiger charge is 2.30. The van der Waals surface area contributed by atoms with Crippen molar-refractivity contribution in [2.45, 2.75) is 0 Å². The van der Waals surface area contributed by atoms with Gasteiger partial charge in [0.2, 0.25) is 0 Å². The number of nitrogens with zero attached hydrogens (tertiary/aromatic N) is 1. The van der Waals surface area contributed by atoms with Crippen molar-refractivity contribution in [2.75, 3.05) is 4.90 Å². The summed E-state index contributed by atoms with van der Waals surface area (Å²) < 4.78 is 2.20. The molecule has 1 nitrogen and oxygen atoms in total.